The number of carbonyl (C=O) groups is 2. The number of ether oxygens (including phenoxy) is 1. The highest BCUT2D eigenvalue weighted by Gasteiger charge is 2.16. The molecule has 140 valence electrons. The molecular weight excluding hydrogens is 416 g/mol. The Kier molecular flexibility index (Phi) is 7.81. The molecule has 0 fully saturated rings. The van der Waals surface area contributed by atoms with E-state index in [2.05, 4.69) is 21.2 Å². The molecule has 7 heteroatoms. The quantitative estimate of drug-likeness (QED) is 0.681. The van der Waals surface area contributed by atoms with Crippen molar-refractivity contribution in [3.63, 3.8) is 0 Å². The maximum absolute atomic E-state index is 12.2. The number of halogens is 1. The molecule has 0 unspecified atom stereocenters. The summed E-state index contributed by atoms with van der Waals surface area (Å²) in [6.45, 7) is 5.04. The maximum atomic E-state index is 12.2. The molecule has 0 aliphatic carbocycles. The lowest BCUT2D eigenvalue weighted by molar-refractivity contribution is -0.121. The number of rotatable bonds is 8. The van der Waals surface area contributed by atoms with E-state index in [4.69, 9.17) is 4.74 Å². The summed E-state index contributed by atoms with van der Waals surface area (Å²) in [4.78, 5) is 26.3. The van der Waals surface area contributed by atoms with E-state index in [9.17, 15) is 9.59 Å². The molecule has 1 aromatic carbocycles. The van der Waals surface area contributed by atoms with Crippen LogP contribution in [0.5, 0.6) is 0 Å². The van der Waals surface area contributed by atoms with Gasteiger partial charge in [-0.1, -0.05) is 24.3 Å². The normalized spacial score (nSPS) is 10.8. The first-order valence-electron chi connectivity index (χ1n) is 8.32. The zero-order chi connectivity index (χ0) is 19.1. The highest BCUT2D eigenvalue weighted by Crippen LogP contribution is 2.22. The fourth-order valence-corrected chi connectivity index (χ4v) is 3.56. The van der Waals surface area contributed by atoms with Crippen LogP contribution < -0.4 is 5.32 Å². The van der Waals surface area contributed by atoms with Crippen LogP contribution in [-0.4, -0.2) is 36.4 Å². The van der Waals surface area contributed by atoms with Crippen LogP contribution in [0.3, 0.4) is 0 Å². The van der Waals surface area contributed by atoms with Gasteiger partial charge < -0.3 is 15.0 Å². The van der Waals surface area contributed by atoms with E-state index in [0.717, 1.165) is 14.9 Å². The average molecular weight is 439 g/mol. The molecule has 0 aliphatic rings. The van der Waals surface area contributed by atoms with E-state index in [1.54, 1.807) is 13.1 Å². The molecule has 1 heterocycles. The molecule has 0 bridgehead atoms. The molecule has 1 N–H and O–H groups in total. The molecule has 0 aliphatic heterocycles. The number of amides is 2. The summed E-state index contributed by atoms with van der Waals surface area (Å²) in [5.74, 6) is -0.353. The standard InChI is InChI=1S/C19H23BrN2O3S/c1-13(2)25-12-15-6-4-14(5-7-15)10-21-18(23)11-22(3)19(24)16-8-9-17(20)26-16/h4-9,13H,10-12H2,1-3H3,(H,21,23). The summed E-state index contributed by atoms with van der Waals surface area (Å²) in [7, 11) is 1.62. The Bertz CT molecular complexity index is 743. The number of likely N-dealkylation sites (N-methyl/N-ethyl adjacent to an activating group) is 1. The van der Waals surface area contributed by atoms with Gasteiger partial charge in [-0.2, -0.15) is 0 Å². The predicted molar refractivity (Wildman–Crippen MR) is 107 cm³/mol. The monoisotopic (exact) mass is 438 g/mol. The molecule has 1 aromatic heterocycles. The molecule has 2 aromatic rings. The summed E-state index contributed by atoms with van der Waals surface area (Å²) < 4.78 is 6.45. The molecule has 0 saturated carbocycles. The van der Waals surface area contributed by atoms with Crippen molar-refractivity contribution < 1.29 is 14.3 Å². The third-order valence-electron chi connectivity index (χ3n) is 3.61. The van der Waals surface area contributed by atoms with Crippen molar-refractivity contribution in [2.45, 2.75) is 33.1 Å². The number of nitrogens with zero attached hydrogens (tertiary/aromatic N) is 1. The van der Waals surface area contributed by atoms with Gasteiger partial charge in [-0.25, -0.2) is 0 Å². The number of hydrogen-bond acceptors (Lipinski definition) is 4. The van der Waals surface area contributed by atoms with E-state index < -0.39 is 0 Å². The third-order valence-corrected chi connectivity index (χ3v) is 5.22. The maximum Gasteiger partial charge on any atom is 0.264 e. The van der Waals surface area contributed by atoms with E-state index in [1.165, 1.54) is 16.2 Å². The topological polar surface area (TPSA) is 58.6 Å². The molecule has 0 atom stereocenters. The van der Waals surface area contributed by atoms with Gasteiger partial charge in [0.05, 0.1) is 27.9 Å². The largest absolute Gasteiger partial charge is 0.374 e. The van der Waals surface area contributed by atoms with E-state index >= 15 is 0 Å². The van der Waals surface area contributed by atoms with Crippen LogP contribution >= 0.6 is 27.3 Å². The molecule has 2 amide bonds. The highest BCUT2D eigenvalue weighted by molar-refractivity contribution is 9.11. The van der Waals surface area contributed by atoms with Crippen LogP contribution in [0.15, 0.2) is 40.2 Å². The first kappa shape index (κ1) is 20.6. The van der Waals surface area contributed by atoms with Crippen molar-refractivity contribution in [3.05, 3.63) is 56.2 Å². The molecule has 0 radical (unpaired) electrons. The molecule has 2 rings (SSSR count). The minimum atomic E-state index is -0.191. The van der Waals surface area contributed by atoms with E-state index in [1.807, 2.05) is 44.2 Å². The van der Waals surface area contributed by atoms with Crippen molar-refractivity contribution in [2.24, 2.45) is 0 Å². The summed E-state index contributed by atoms with van der Waals surface area (Å²) in [5.41, 5.74) is 2.10. The van der Waals surface area contributed by atoms with Gasteiger partial charge in [-0.15, -0.1) is 11.3 Å². The summed E-state index contributed by atoms with van der Waals surface area (Å²) in [5, 5.41) is 2.84. The summed E-state index contributed by atoms with van der Waals surface area (Å²) in [6.07, 6.45) is 0.198. The SMILES string of the molecule is CC(C)OCc1ccc(CNC(=O)CN(C)C(=O)c2ccc(Br)s2)cc1. The second-order valence-electron chi connectivity index (χ2n) is 6.22. The Labute approximate surface area is 166 Å². The smallest absolute Gasteiger partial charge is 0.264 e. The predicted octanol–water partition coefficient (Wildman–Crippen LogP) is 3.82. The van der Waals surface area contributed by atoms with Gasteiger partial charge in [0.15, 0.2) is 0 Å². The lowest BCUT2D eigenvalue weighted by Crippen LogP contribution is -2.37. The minimum Gasteiger partial charge on any atom is -0.374 e. The number of nitrogens with one attached hydrogen (secondary N) is 1. The van der Waals surface area contributed by atoms with Crippen LogP contribution in [0.4, 0.5) is 0 Å². The fourth-order valence-electron chi connectivity index (χ4n) is 2.18. The number of hydrogen-bond donors (Lipinski definition) is 1. The van der Waals surface area contributed by atoms with Crippen LogP contribution in [-0.2, 0) is 22.7 Å². The van der Waals surface area contributed by atoms with Crippen LogP contribution in [0.1, 0.15) is 34.6 Å². The Hall–Kier alpha value is -1.70. The molecule has 26 heavy (non-hydrogen) atoms. The van der Waals surface area contributed by atoms with E-state index in [-0.39, 0.29) is 24.5 Å². The van der Waals surface area contributed by atoms with E-state index in [0.29, 0.717) is 18.0 Å². The number of thiophene rings is 1. The van der Waals surface area contributed by atoms with Crippen LogP contribution in [0.2, 0.25) is 0 Å². The average Bonchev–Trinajstić information content (AvgIpc) is 3.04. The zero-order valence-corrected chi connectivity index (χ0v) is 17.5. The van der Waals surface area contributed by atoms with Gasteiger partial charge in [0.25, 0.3) is 5.91 Å². The number of benzene rings is 1. The second kappa shape index (κ2) is 9.85. The Morgan fingerprint density at radius 1 is 1.15 bits per heavy atom. The second-order valence-corrected chi connectivity index (χ2v) is 8.68. The van der Waals surface area contributed by atoms with Gasteiger partial charge in [-0.3, -0.25) is 9.59 Å². The summed E-state index contributed by atoms with van der Waals surface area (Å²) in [6, 6.07) is 11.5. The zero-order valence-electron chi connectivity index (χ0n) is 15.1. The van der Waals surface area contributed by atoms with Gasteiger partial charge in [0.2, 0.25) is 5.91 Å². The first-order valence-corrected chi connectivity index (χ1v) is 9.93. The molecular formula is C19H23BrN2O3S. The minimum absolute atomic E-state index is 0.0225. The van der Waals surface area contributed by atoms with Crippen molar-refractivity contribution in [1.29, 1.82) is 0 Å². The van der Waals surface area contributed by atoms with Crippen molar-refractivity contribution in [1.82, 2.24) is 10.2 Å². The molecule has 0 saturated heterocycles. The Morgan fingerprint density at radius 3 is 2.38 bits per heavy atom. The fraction of sp³-hybridized carbons (Fsp3) is 0.368. The van der Waals surface area contributed by atoms with Gasteiger partial charge in [-0.05, 0) is 53.0 Å². The number of carbonyl (C=O) groups excluding carboxylic acids is 2. The lowest BCUT2D eigenvalue weighted by atomic mass is 10.1. The van der Waals surface area contributed by atoms with Crippen molar-refractivity contribution >= 4 is 39.1 Å². The molecule has 5 nitrogen and oxygen atoms in total. The van der Waals surface area contributed by atoms with Crippen LogP contribution in [0.25, 0.3) is 0 Å². The first-order chi connectivity index (χ1) is 12.3. The summed E-state index contributed by atoms with van der Waals surface area (Å²) >= 11 is 4.69. The third kappa shape index (κ3) is 6.55. The van der Waals surface area contributed by atoms with Gasteiger partial charge >= 0.3 is 0 Å². The Morgan fingerprint density at radius 2 is 1.81 bits per heavy atom. The lowest BCUT2D eigenvalue weighted by Gasteiger charge is -2.16. The van der Waals surface area contributed by atoms with Gasteiger partial charge in [0, 0.05) is 13.6 Å². The van der Waals surface area contributed by atoms with Crippen molar-refractivity contribution in [2.75, 3.05) is 13.6 Å². The van der Waals surface area contributed by atoms with Gasteiger partial charge in [0.1, 0.15) is 0 Å². The Balaban J connectivity index is 1.78. The van der Waals surface area contributed by atoms with Crippen LogP contribution in [0, 0.1) is 0 Å². The molecule has 0 spiro atoms. The highest BCUT2D eigenvalue weighted by atomic mass is 79.9. The van der Waals surface area contributed by atoms with Crippen molar-refractivity contribution in [3.8, 4) is 0 Å².